The molecule has 100 valence electrons. The van der Waals surface area contributed by atoms with E-state index in [0.717, 1.165) is 10.9 Å². The van der Waals surface area contributed by atoms with Gasteiger partial charge in [-0.3, -0.25) is 4.79 Å². The van der Waals surface area contributed by atoms with Crippen molar-refractivity contribution in [2.45, 2.75) is 19.9 Å². The second kappa shape index (κ2) is 5.14. The number of rotatable bonds is 4. The Morgan fingerprint density at radius 2 is 2.00 bits per heavy atom. The number of benzene rings is 1. The highest BCUT2D eigenvalue weighted by Crippen LogP contribution is 2.17. The van der Waals surface area contributed by atoms with Gasteiger partial charge in [-0.25, -0.2) is 4.79 Å². The molecule has 5 nitrogen and oxygen atoms in total. The number of nitrogens with one attached hydrogen (secondary N) is 2. The van der Waals surface area contributed by atoms with E-state index >= 15 is 0 Å². The molecule has 0 radical (unpaired) electrons. The van der Waals surface area contributed by atoms with E-state index in [9.17, 15) is 9.59 Å². The number of carbonyl (C=O) groups excluding carboxylic acids is 1. The van der Waals surface area contributed by atoms with Gasteiger partial charge in [-0.15, -0.1) is 0 Å². The fraction of sp³-hybridized carbons (Fsp3) is 0.286. The van der Waals surface area contributed by atoms with Crippen LogP contribution in [-0.2, 0) is 4.79 Å². The SMILES string of the molecule is CC(C)[C@@H](NC(=O)c1cccc2[nH]ccc12)C(=O)O. The molecule has 3 N–H and O–H groups in total. The highest BCUT2D eigenvalue weighted by molar-refractivity contribution is 6.07. The summed E-state index contributed by atoms with van der Waals surface area (Å²) in [6.45, 7) is 3.52. The Labute approximate surface area is 110 Å². The number of aromatic nitrogens is 1. The Morgan fingerprint density at radius 3 is 2.63 bits per heavy atom. The van der Waals surface area contributed by atoms with Crippen molar-refractivity contribution in [2.75, 3.05) is 0 Å². The number of H-pyrrole nitrogens is 1. The molecule has 0 spiro atoms. The van der Waals surface area contributed by atoms with Crippen molar-refractivity contribution in [2.24, 2.45) is 5.92 Å². The predicted molar refractivity (Wildman–Crippen MR) is 72.0 cm³/mol. The molecule has 0 aliphatic rings. The molecule has 0 aliphatic heterocycles. The summed E-state index contributed by atoms with van der Waals surface area (Å²) < 4.78 is 0. The lowest BCUT2D eigenvalue weighted by molar-refractivity contribution is -0.140. The van der Waals surface area contributed by atoms with E-state index < -0.39 is 12.0 Å². The number of hydrogen-bond acceptors (Lipinski definition) is 2. The summed E-state index contributed by atoms with van der Waals surface area (Å²) in [7, 11) is 0. The van der Waals surface area contributed by atoms with Gasteiger partial charge in [0.25, 0.3) is 5.91 Å². The third-order valence-electron chi connectivity index (χ3n) is 3.06. The number of amides is 1. The van der Waals surface area contributed by atoms with Crippen LogP contribution in [0.2, 0.25) is 0 Å². The van der Waals surface area contributed by atoms with Gasteiger partial charge in [0.15, 0.2) is 0 Å². The molecule has 0 aliphatic carbocycles. The Morgan fingerprint density at radius 1 is 1.26 bits per heavy atom. The number of carboxylic acids is 1. The summed E-state index contributed by atoms with van der Waals surface area (Å²) in [5.41, 5.74) is 1.33. The van der Waals surface area contributed by atoms with Gasteiger partial charge in [-0.1, -0.05) is 19.9 Å². The Balaban J connectivity index is 2.29. The van der Waals surface area contributed by atoms with Gasteiger partial charge in [0.05, 0.1) is 0 Å². The van der Waals surface area contributed by atoms with Crippen LogP contribution in [0.3, 0.4) is 0 Å². The normalized spacial score (nSPS) is 12.6. The smallest absolute Gasteiger partial charge is 0.326 e. The van der Waals surface area contributed by atoms with Crippen molar-refractivity contribution < 1.29 is 14.7 Å². The standard InChI is InChI=1S/C14H16N2O3/c1-8(2)12(14(18)19)16-13(17)10-4-3-5-11-9(10)6-7-15-11/h3-8,12,15H,1-2H3,(H,16,17)(H,18,19)/t12-/m1/s1. The van der Waals surface area contributed by atoms with Gasteiger partial charge in [-0.05, 0) is 24.1 Å². The maximum absolute atomic E-state index is 12.2. The summed E-state index contributed by atoms with van der Waals surface area (Å²) in [6, 6.07) is 6.23. The lowest BCUT2D eigenvalue weighted by atomic mass is 10.0. The van der Waals surface area contributed by atoms with Crippen LogP contribution in [0.5, 0.6) is 0 Å². The monoisotopic (exact) mass is 260 g/mol. The highest BCUT2D eigenvalue weighted by Gasteiger charge is 2.24. The highest BCUT2D eigenvalue weighted by atomic mass is 16.4. The lowest BCUT2D eigenvalue weighted by Crippen LogP contribution is -2.44. The molecule has 19 heavy (non-hydrogen) atoms. The third kappa shape index (κ3) is 2.59. The van der Waals surface area contributed by atoms with Crippen molar-refractivity contribution in [3.05, 3.63) is 36.0 Å². The van der Waals surface area contributed by atoms with Crippen LogP contribution in [-0.4, -0.2) is 28.0 Å². The van der Waals surface area contributed by atoms with Gasteiger partial charge in [0.2, 0.25) is 0 Å². The molecule has 1 amide bonds. The molecule has 1 atom stereocenters. The van der Waals surface area contributed by atoms with Crippen molar-refractivity contribution >= 4 is 22.8 Å². The summed E-state index contributed by atoms with van der Waals surface area (Å²) in [6.07, 6.45) is 1.75. The number of aliphatic carboxylic acids is 1. The van der Waals surface area contributed by atoms with Crippen molar-refractivity contribution in [1.82, 2.24) is 10.3 Å². The Bertz CT molecular complexity index is 616. The molecule has 0 fully saturated rings. The average Bonchev–Trinajstić information content (AvgIpc) is 2.82. The van der Waals surface area contributed by atoms with Crippen LogP contribution in [0, 0.1) is 5.92 Å². The molecule has 0 saturated carbocycles. The predicted octanol–water partition coefficient (Wildman–Crippen LogP) is 2.01. The molecule has 1 aromatic carbocycles. The lowest BCUT2D eigenvalue weighted by Gasteiger charge is -2.18. The Kier molecular flexibility index (Phi) is 3.55. The van der Waals surface area contributed by atoms with Gasteiger partial charge in [0.1, 0.15) is 6.04 Å². The maximum Gasteiger partial charge on any atom is 0.326 e. The maximum atomic E-state index is 12.2. The fourth-order valence-corrected chi connectivity index (χ4v) is 2.02. The summed E-state index contributed by atoms with van der Waals surface area (Å²) in [5, 5.41) is 12.4. The number of carbonyl (C=O) groups is 2. The summed E-state index contributed by atoms with van der Waals surface area (Å²) in [5.74, 6) is -1.57. The zero-order valence-corrected chi connectivity index (χ0v) is 10.8. The average molecular weight is 260 g/mol. The van der Waals surface area contributed by atoms with Crippen molar-refractivity contribution in [3.8, 4) is 0 Å². The van der Waals surface area contributed by atoms with Crippen LogP contribution in [0.4, 0.5) is 0 Å². The number of carboxylic acid groups (broad SMARTS) is 1. The van der Waals surface area contributed by atoms with Crippen molar-refractivity contribution in [1.29, 1.82) is 0 Å². The van der Waals surface area contributed by atoms with Gasteiger partial charge in [-0.2, -0.15) is 0 Å². The zero-order valence-electron chi connectivity index (χ0n) is 10.8. The zero-order chi connectivity index (χ0) is 14.0. The van der Waals surface area contributed by atoms with E-state index in [1.807, 2.05) is 6.07 Å². The molecular weight excluding hydrogens is 244 g/mol. The van der Waals surface area contributed by atoms with Crippen molar-refractivity contribution in [3.63, 3.8) is 0 Å². The number of hydrogen-bond donors (Lipinski definition) is 3. The van der Waals surface area contributed by atoms with E-state index in [2.05, 4.69) is 10.3 Å². The molecule has 2 rings (SSSR count). The van der Waals surface area contributed by atoms with E-state index in [1.54, 1.807) is 38.2 Å². The van der Waals surface area contributed by atoms with E-state index in [4.69, 9.17) is 5.11 Å². The first-order chi connectivity index (χ1) is 9.00. The van der Waals surface area contributed by atoms with Crippen LogP contribution in [0.1, 0.15) is 24.2 Å². The molecule has 0 saturated heterocycles. The topological polar surface area (TPSA) is 82.2 Å². The Hall–Kier alpha value is -2.30. The molecule has 0 unspecified atom stereocenters. The van der Waals surface area contributed by atoms with Gasteiger partial charge >= 0.3 is 5.97 Å². The molecule has 1 heterocycles. The number of fused-ring (bicyclic) bond motifs is 1. The minimum Gasteiger partial charge on any atom is -0.480 e. The fourth-order valence-electron chi connectivity index (χ4n) is 2.02. The van der Waals surface area contributed by atoms with E-state index in [-0.39, 0.29) is 11.8 Å². The van der Waals surface area contributed by atoms with Crippen LogP contribution in [0.15, 0.2) is 30.5 Å². The molecule has 1 aromatic heterocycles. The van der Waals surface area contributed by atoms with Gasteiger partial charge in [0, 0.05) is 22.7 Å². The summed E-state index contributed by atoms with van der Waals surface area (Å²) >= 11 is 0. The number of aromatic amines is 1. The first kappa shape index (κ1) is 13.1. The summed E-state index contributed by atoms with van der Waals surface area (Å²) in [4.78, 5) is 26.3. The second-order valence-corrected chi connectivity index (χ2v) is 4.78. The second-order valence-electron chi connectivity index (χ2n) is 4.78. The largest absolute Gasteiger partial charge is 0.480 e. The molecule has 5 heteroatoms. The molecule has 0 bridgehead atoms. The van der Waals surface area contributed by atoms with E-state index in [0.29, 0.717) is 5.56 Å². The minimum absolute atomic E-state index is 0.174. The molecular formula is C14H16N2O3. The first-order valence-electron chi connectivity index (χ1n) is 6.10. The van der Waals surface area contributed by atoms with Gasteiger partial charge < -0.3 is 15.4 Å². The van der Waals surface area contributed by atoms with Crippen LogP contribution >= 0.6 is 0 Å². The third-order valence-corrected chi connectivity index (χ3v) is 3.06. The van der Waals surface area contributed by atoms with E-state index in [1.165, 1.54) is 0 Å². The quantitative estimate of drug-likeness (QED) is 0.786. The van der Waals surface area contributed by atoms with Crippen LogP contribution in [0.25, 0.3) is 10.9 Å². The minimum atomic E-state index is -1.02. The first-order valence-corrected chi connectivity index (χ1v) is 6.10. The van der Waals surface area contributed by atoms with Crippen LogP contribution < -0.4 is 5.32 Å². The molecule has 2 aromatic rings.